The molecule has 122 valence electrons. The van der Waals surface area contributed by atoms with Crippen molar-refractivity contribution in [1.82, 2.24) is 15.2 Å². The fraction of sp³-hybridized carbons (Fsp3) is 0.500. The Balaban J connectivity index is 1.54. The molecule has 0 bridgehead atoms. The smallest absolute Gasteiger partial charge is 0.119 e. The second kappa shape index (κ2) is 6.59. The van der Waals surface area contributed by atoms with Gasteiger partial charge >= 0.3 is 0 Å². The Labute approximate surface area is 141 Å². The number of nitrogens with one attached hydrogen (secondary N) is 1. The molecule has 0 spiro atoms. The number of aromatic nitrogens is 1. The van der Waals surface area contributed by atoms with Crippen LogP contribution < -0.4 is 10.1 Å². The average Bonchev–Trinajstić information content (AvgIpc) is 3.13. The Morgan fingerprint density at radius 3 is 3.00 bits per heavy atom. The van der Waals surface area contributed by atoms with Crippen molar-refractivity contribution in [2.75, 3.05) is 13.7 Å². The summed E-state index contributed by atoms with van der Waals surface area (Å²) in [5.74, 6) is 0.950. The van der Waals surface area contributed by atoms with Gasteiger partial charge in [-0.3, -0.25) is 9.88 Å². The van der Waals surface area contributed by atoms with Crippen LogP contribution in [0.15, 0.2) is 36.0 Å². The standard InChI is InChI=1S/C18H23N3OS/c1-22-15-4-2-3-13(9-15)18-17(7-8-21(18)14-5-6-14)20-11-16-10-19-12-23-16/h2-4,9-10,12,14,17-18,20H,5-8,11H2,1H3/t17-,18-/m0/s1. The molecular weight excluding hydrogens is 306 g/mol. The van der Waals surface area contributed by atoms with Gasteiger partial charge in [-0.05, 0) is 37.0 Å². The number of hydrogen-bond donors (Lipinski definition) is 1. The van der Waals surface area contributed by atoms with Crippen LogP contribution in [-0.4, -0.2) is 35.6 Å². The molecule has 1 aliphatic carbocycles. The van der Waals surface area contributed by atoms with Crippen LogP contribution in [0, 0.1) is 0 Å². The molecule has 4 rings (SSSR count). The molecule has 1 saturated heterocycles. The molecule has 2 atom stereocenters. The molecule has 1 aromatic heterocycles. The number of ether oxygens (including phenoxy) is 1. The van der Waals surface area contributed by atoms with Gasteiger partial charge in [-0.25, -0.2) is 0 Å². The van der Waals surface area contributed by atoms with Gasteiger partial charge in [0.25, 0.3) is 0 Å². The van der Waals surface area contributed by atoms with Crippen LogP contribution in [0.4, 0.5) is 0 Å². The first-order valence-corrected chi connectivity index (χ1v) is 9.23. The zero-order valence-corrected chi connectivity index (χ0v) is 14.3. The summed E-state index contributed by atoms with van der Waals surface area (Å²) in [6.07, 6.45) is 5.87. The first-order valence-electron chi connectivity index (χ1n) is 8.35. The maximum Gasteiger partial charge on any atom is 0.119 e. The maximum absolute atomic E-state index is 5.43. The van der Waals surface area contributed by atoms with Gasteiger partial charge in [-0.2, -0.15) is 0 Å². The summed E-state index contributed by atoms with van der Waals surface area (Å²) in [6.45, 7) is 2.10. The van der Waals surface area contributed by atoms with Crippen molar-refractivity contribution < 1.29 is 4.74 Å². The van der Waals surface area contributed by atoms with E-state index in [1.807, 2.05) is 17.8 Å². The minimum atomic E-state index is 0.450. The topological polar surface area (TPSA) is 37.4 Å². The van der Waals surface area contributed by atoms with Crippen LogP contribution in [0.3, 0.4) is 0 Å². The van der Waals surface area contributed by atoms with Gasteiger partial charge in [0.2, 0.25) is 0 Å². The number of thiazole rings is 1. The van der Waals surface area contributed by atoms with Crippen molar-refractivity contribution >= 4 is 11.3 Å². The van der Waals surface area contributed by atoms with Gasteiger partial charge in [-0.1, -0.05) is 12.1 Å². The third kappa shape index (κ3) is 3.27. The highest BCUT2D eigenvalue weighted by Gasteiger charge is 2.42. The lowest BCUT2D eigenvalue weighted by Crippen LogP contribution is -2.36. The van der Waals surface area contributed by atoms with Gasteiger partial charge in [0, 0.05) is 36.2 Å². The molecule has 0 radical (unpaired) electrons. The van der Waals surface area contributed by atoms with Gasteiger partial charge < -0.3 is 10.1 Å². The molecule has 5 heteroatoms. The van der Waals surface area contributed by atoms with Crippen LogP contribution in [-0.2, 0) is 6.54 Å². The molecule has 4 nitrogen and oxygen atoms in total. The summed E-state index contributed by atoms with van der Waals surface area (Å²) < 4.78 is 5.43. The van der Waals surface area contributed by atoms with Crippen LogP contribution in [0.1, 0.15) is 35.7 Å². The molecular formula is C18H23N3OS. The Morgan fingerprint density at radius 1 is 1.35 bits per heavy atom. The largest absolute Gasteiger partial charge is 0.497 e. The highest BCUT2D eigenvalue weighted by atomic mass is 32.1. The Kier molecular flexibility index (Phi) is 4.33. The minimum Gasteiger partial charge on any atom is -0.497 e. The summed E-state index contributed by atoms with van der Waals surface area (Å²) in [6, 6.07) is 10.3. The van der Waals surface area contributed by atoms with E-state index in [1.54, 1.807) is 18.4 Å². The molecule has 2 aliphatic rings. The van der Waals surface area contributed by atoms with Crippen LogP contribution in [0.2, 0.25) is 0 Å². The van der Waals surface area contributed by atoms with E-state index in [4.69, 9.17) is 4.74 Å². The van der Waals surface area contributed by atoms with Crippen molar-refractivity contribution in [3.8, 4) is 5.75 Å². The number of methoxy groups -OCH3 is 1. The summed E-state index contributed by atoms with van der Waals surface area (Å²) in [5, 5.41) is 3.77. The van der Waals surface area contributed by atoms with E-state index in [9.17, 15) is 0 Å². The lowest BCUT2D eigenvalue weighted by atomic mass is 9.99. The van der Waals surface area contributed by atoms with E-state index in [2.05, 4.69) is 33.4 Å². The number of hydrogen-bond acceptors (Lipinski definition) is 5. The fourth-order valence-corrected chi connectivity index (χ4v) is 4.20. The Bertz CT molecular complexity index is 641. The third-order valence-corrected chi connectivity index (χ3v) is 5.69. The zero-order valence-electron chi connectivity index (χ0n) is 13.4. The van der Waals surface area contributed by atoms with Crippen LogP contribution >= 0.6 is 11.3 Å². The normalized spacial score (nSPS) is 24.9. The molecule has 23 heavy (non-hydrogen) atoms. The predicted molar refractivity (Wildman–Crippen MR) is 92.8 cm³/mol. The molecule has 1 saturated carbocycles. The van der Waals surface area contributed by atoms with Gasteiger partial charge in [0.15, 0.2) is 0 Å². The van der Waals surface area contributed by atoms with Crippen LogP contribution in [0.5, 0.6) is 5.75 Å². The van der Waals surface area contributed by atoms with E-state index in [1.165, 1.54) is 36.2 Å². The van der Waals surface area contributed by atoms with E-state index >= 15 is 0 Å². The zero-order chi connectivity index (χ0) is 15.6. The van der Waals surface area contributed by atoms with Gasteiger partial charge in [0.1, 0.15) is 5.75 Å². The quantitative estimate of drug-likeness (QED) is 0.883. The van der Waals surface area contributed by atoms with E-state index in [0.717, 1.165) is 18.3 Å². The van der Waals surface area contributed by atoms with Crippen molar-refractivity contribution in [1.29, 1.82) is 0 Å². The van der Waals surface area contributed by atoms with Crippen LogP contribution in [0.25, 0.3) is 0 Å². The van der Waals surface area contributed by atoms with E-state index in [0.29, 0.717) is 12.1 Å². The maximum atomic E-state index is 5.43. The first-order chi connectivity index (χ1) is 11.3. The molecule has 2 heterocycles. The number of nitrogens with zero attached hydrogens (tertiary/aromatic N) is 2. The van der Waals surface area contributed by atoms with Crippen molar-refractivity contribution in [3.63, 3.8) is 0 Å². The summed E-state index contributed by atoms with van der Waals surface area (Å²) >= 11 is 1.72. The SMILES string of the molecule is COc1cccc([C@H]2[C@@H](NCc3cncs3)CCN2C2CC2)c1. The van der Waals surface area contributed by atoms with Crippen molar-refractivity contribution in [3.05, 3.63) is 46.4 Å². The summed E-state index contributed by atoms with van der Waals surface area (Å²) in [5.41, 5.74) is 3.28. The first kappa shape index (κ1) is 15.1. The molecule has 0 unspecified atom stereocenters. The highest BCUT2D eigenvalue weighted by molar-refractivity contribution is 7.09. The lowest BCUT2D eigenvalue weighted by molar-refractivity contribution is 0.226. The number of rotatable bonds is 6. The van der Waals surface area contributed by atoms with Gasteiger partial charge in [-0.15, -0.1) is 11.3 Å². The molecule has 0 amide bonds. The highest BCUT2D eigenvalue weighted by Crippen LogP contribution is 2.41. The summed E-state index contributed by atoms with van der Waals surface area (Å²) in [4.78, 5) is 8.17. The second-order valence-electron chi connectivity index (χ2n) is 6.43. The monoisotopic (exact) mass is 329 g/mol. The number of likely N-dealkylation sites (tertiary alicyclic amines) is 1. The molecule has 2 aromatic rings. The third-order valence-electron chi connectivity index (χ3n) is 4.91. The lowest BCUT2D eigenvalue weighted by Gasteiger charge is -2.29. The van der Waals surface area contributed by atoms with Crippen molar-refractivity contribution in [2.45, 2.75) is 43.9 Å². The average molecular weight is 329 g/mol. The Hall–Kier alpha value is -1.43. The second-order valence-corrected chi connectivity index (χ2v) is 7.41. The molecule has 1 aliphatic heterocycles. The van der Waals surface area contributed by atoms with E-state index in [-0.39, 0.29) is 0 Å². The molecule has 1 N–H and O–H groups in total. The van der Waals surface area contributed by atoms with E-state index < -0.39 is 0 Å². The minimum absolute atomic E-state index is 0.450. The summed E-state index contributed by atoms with van der Waals surface area (Å²) in [7, 11) is 1.74. The van der Waals surface area contributed by atoms with Crippen molar-refractivity contribution in [2.24, 2.45) is 0 Å². The molecule has 2 fully saturated rings. The predicted octanol–water partition coefficient (Wildman–Crippen LogP) is 3.22. The fourth-order valence-electron chi connectivity index (χ4n) is 3.66. The number of benzene rings is 1. The molecule has 1 aromatic carbocycles. The van der Waals surface area contributed by atoms with Gasteiger partial charge in [0.05, 0.1) is 18.7 Å². The Morgan fingerprint density at radius 2 is 2.26 bits per heavy atom.